The Morgan fingerprint density at radius 3 is 2.45 bits per heavy atom. The lowest BCUT2D eigenvalue weighted by molar-refractivity contribution is 0.0526. The lowest BCUT2D eigenvalue weighted by Crippen LogP contribution is -2.14. The Bertz CT molecular complexity index is 988. The molecule has 1 heterocycles. The molecule has 1 amide bonds. The first kappa shape index (κ1) is 19.8. The van der Waals surface area contributed by atoms with Gasteiger partial charge in [0.1, 0.15) is 17.3 Å². The molecule has 2 aromatic carbocycles. The van der Waals surface area contributed by atoms with Crippen molar-refractivity contribution in [2.45, 2.75) is 6.92 Å². The number of carbonyl (C=O) groups is 2. The number of ether oxygens (including phenoxy) is 2. The van der Waals surface area contributed by atoms with E-state index in [2.05, 4.69) is 20.6 Å². The molecule has 0 aliphatic rings. The van der Waals surface area contributed by atoms with E-state index in [0.29, 0.717) is 29.4 Å². The fraction of sp³-hybridized carbons (Fsp3) is 0.143. The van der Waals surface area contributed by atoms with E-state index in [0.717, 1.165) is 5.69 Å². The van der Waals surface area contributed by atoms with Gasteiger partial charge in [-0.1, -0.05) is 6.07 Å². The summed E-state index contributed by atoms with van der Waals surface area (Å²) in [5.41, 5.74) is 1.96. The molecule has 0 saturated carbocycles. The van der Waals surface area contributed by atoms with Crippen LogP contribution in [0.15, 0.2) is 60.9 Å². The maximum absolute atomic E-state index is 12.3. The monoisotopic (exact) mass is 392 g/mol. The van der Waals surface area contributed by atoms with Crippen molar-refractivity contribution in [3.8, 4) is 5.75 Å². The molecular weight excluding hydrogens is 372 g/mol. The van der Waals surface area contributed by atoms with Crippen molar-refractivity contribution in [3.05, 3.63) is 72.2 Å². The van der Waals surface area contributed by atoms with E-state index in [4.69, 9.17) is 9.47 Å². The van der Waals surface area contributed by atoms with Gasteiger partial charge in [-0.15, -0.1) is 0 Å². The summed E-state index contributed by atoms with van der Waals surface area (Å²) in [6.07, 6.45) is 2.84. The zero-order valence-corrected chi connectivity index (χ0v) is 16.0. The van der Waals surface area contributed by atoms with Crippen molar-refractivity contribution in [1.29, 1.82) is 0 Å². The quantitative estimate of drug-likeness (QED) is 0.592. The van der Waals surface area contributed by atoms with Crippen LogP contribution in [0.3, 0.4) is 0 Å². The molecule has 0 unspecified atom stereocenters. The molecule has 0 aliphatic heterocycles. The fourth-order valence-corrected chi connectivity index (χ4v) is 2.46. The first-order chi connectivity index (χ1) is 14.1. The molecule has 1 aromatic heterocycles. The minimum atomic E-state index is -0.379. The Morgan fingerprint density at radius 2 is 1.79 bits per heavy atom. The number of nitrogens with one attached hydrogen (secondary N) is 2. The Labute approximate surface area is 167 Å². The first-order valence-electron chi connectivity index (χ1n) is 8.90. The smallest absolute Gasteiger partial charge is 0.338 e. The lowest BCUT2D eigenvalue weighted by Gasteiger charge is -2.08. The zero-order chi connectivity index (χ0) is 20.6. The van der Waals surface area contributed by atoms with Crippen LogP contribution in [0.4, 0.5) is 17.2 Å². The minimum Gasteiger partial charge on any atom is -0.497 e. The SMILES string of the molecule is CCOC(=O)c1ccc(Nc2cnc(C(=O)Nc3cccc(OC)c3)cn2)cc1. The highest BCUT2D eigenvalue weighted by atomic mass is 16.5. The predicted octanol–water partition coefficient (Wildman–Crippen LogP) is 3.66. The van der Waals surface area contributed by atoms with Crippen molar-refractivity contribution in [1.82, 2.24) is 9.97 Å². The Balaban J connectivity index is 1.62. The van der Waals surface area contributed by atoms with Gasteiger partial charge in [-0.25, -0.2) is 14.8 Å². The van der Waals surface area contributed by atoms with Gasteiger partial charge >= 0.3 is 5.97 Å². The molecule has 148 valence electrons. The Kier molecular flexibility index (Phi) is 6.36. The molecule has 0 fully saturated rings. The summed E-state index contributed by atoms with van der Waals surface area (Å²) in [7, 11) is 1.56. The van der Waals surface area contributed by atoms with Gasteiger partial charge in [0.05, 0.1) is 31.7 Å². The van der Waals surface area contributed by atoms with Crippen molar-refractivity contribution in [3.63, 3.8) is 0 Å². The Morgan fingerprint density at radius 1 is 1.00 bits per heavy atom. The molecule has 29 heavy (non-hydrogen) atoms. The molecule has 8 heteroatoms. The predicted molar refractivity (Wildman–Crippen MR) is 109 cm³/mol. The van der Waals surface area contributed by atoms with Crippen LogP contribution in [-0.2, 0) is 4.74 Å². The molecule has 3 rings (SSSR count). The molecule has 3 aromatic rings. The van der Waals surface area contributed by atoms with Gasteiger partial charge < -0.3 is 20.1 Å². The highest BCUT2D eigenvalue weighted by molar-refractivity contribution is 6.02. The van der Waals surface area contributed by atoms with Crippen LogP contribution in [0.2, 0.25) is 0 Å². The average Bonchev–Trinajstić information content (AvgIpc) is 2.75. The Hall–Kier alpha value is -3.94. The van der Waals surface area contributed by atoms with Crippen molar-refractivity contribution >= 4 is 29.1 Å². The molecule has 0 spiro atoms. The van der Waals surface area contributed by atoms with Crippen LogP contribution in [0, 0.1) is 0 Å². The van der Waals surface area contributed by atoms with Crippen LogP contribution in [0.5, 0.6) is 5.75 Å². The maximum atomic E-state index is 12.3. The summed E-state index contributed by atoms with van der Waals surface area (Å²) in [4.78, 5) is 32.3. The van der Waals surface area contributed by atoms with E-state index >= 15 is 0 Å². The van der Waals surface area contributed by atoms with E-state index < -0.39 is 0 Å². The van der Waals surface area contributed by atoms with Gasteiger partial charge in [0, 0.05) is 17.4 Å². The molecule has 0 radical (unpaired) electrons. The van der Waals surface area contributed by atoms with Crippen molar-refractivity contribution in [2.75, 3.05) is 24.4 Å². The first-order valence-corrected chi connectivity index (χ1v) is 8.90. The number of rotatable bonds is 7. The lowest BCUT2D eigenvalue weighted by atomic mass is 10.2. The van der Waals surface area contributed by atoms with Crippen LogP contribution < -0.4 is 15.4 Å². The van der Waals surface area contributed by atoms with Gasteiger partial charge in [0.25, 0.3) is 5.91 Å². The number of aromatic nitrogens is 2. The number of hydrogen-bond donors (Lipinski definition) is 2. The van der Waals surface area contributed by atoms with E-state index in [1.807, 2.05) is 0 Å². The average molecular weight is 392 g/mol. The molecule has 0 aliphatic carbocycles. The van der Waals surface area contributed by atoms with Crippen molar-refractivity contribution in [2.24, 2.45) is 0 Å². The van der Waals surface area contributed by atoms with E-state index in [-0.39, 0.29) is 17.6 Å². The highest BCUT2D eigenvalue weighted by Crippen LogP contribution is 2.18. The van der Waals surface area contributed by atoms with E-state index in [9.17, 15) is 9.59 Å². The topological polar surface area (TPSA) is 102 Å². The molecule has 8 nitrogen and oxygen atoms in total. The standard InChI is InChI=1S/C21H20N4O4/c1-3-29-21(27)14-7-9-15(10-8-14)24-19-13-22-18(12-23-19)20(26)25-16-5-4-6-17(11-16)28-2/h4-13H,3H2,1-2H3,(H,23,24)(H,25,26). The second-order valence-electron chi connectivity index (χ2n) is 5.90. The molecule has 0 bridgehead atoms. The van der Waals surface area contributed by atoms with E-state index in [1.165, 1.54) is 12.4 Å². The number of hydrogen-bond acceptors (Lipinski definition) is 7. The summed E-state index contributed by atoms with van der Waals surface area (Å²) >= 11 is 0. The van der Waals surface area contributed by atoms with Gasteiger partial charge in [-0.05, 0) is 43.3 Å². The molecule has 0 atom stereocenters. The maximum Gasteiger partial charge on any atom is 0.338 e. The van der Waals surface area contributed by atoms with Gasteiger partial charge in [0.2, 0.25) is 0 Å². The largest absolute Gasteiger partial charge is 0.497 e. The fourth-order valence-electron chi connectivity index (χ4n) is 2.46. The number of anilines is 3. The number of amides is 1. The van der Waals surface area contributed by atoms with Crippen LogP contribution in [0.25, 0.3) is 0 Å². The summed E-state index contributed by atoms with van der Waals surface area (Å²) in [6.45, 7) is 2.08. The number of nitrogens with zero attached hydrogens (tertiary/aromatic N) is 2. The zero-order valence-electron chi connectivity index (χ0n) is 16.0. The van der Waals surface area contributed by atoms with E-state index in [1.54, 1.807) is 62.6 Å². The molecule has 0 saturated heterocycles. The third kappa shape index (κ3) is 5.29. The van der Waals surface area contributed by atoms with Crippen LogP contribution in [0.1, 0.15) is 27.8 Å². The minimum absolute atomic E-state index is 0.177. The highest BCUT2D eigenvalue weighted by Gasteiger charge is 2.10. The van der Waals surface area contributed by atoms with Crippen molar-refractivity contribution < 1.29 is 19.1 Å². The molecule has 2 N–H and O–H groups in total. The normalized spacial score (nSPS) is 10.1. The third-order valence-electron chi connectivity index (χ3n) is 3.88. The summed E-state index contributed by atoms with van der Waals surface area (Å²) < 4.78 is 10.1. The van der Waals surface area contributed by atoms with Gasteiger partial charge in [0.15, 0.2) is 0 Å². The summed E-state index contributed by atoms with van der Waals surface area (Å²) in [5, 5.41) is 5.80. The molecular formula is C21H20N4O4. The van der Waals surface area contributed by atoms with Gasteiger partial charge in [-0.3, -0.25) is 4.79 Å². The van der Waals surface area contributed by atoms with Crippen LogP contribution in [-0.4, -0.2) is 35.6 Å². The second kappa shape index (κ2) is 9.32. The number of carbonyl (C=O) groups excluding carboxylic acids is 2. The van der Waals surface area contributed by atoms with Crippen LogP contribution >= 0.6 is 0 Å². The van der Waals surface area contributed by atoms with Gasteiger partial charge in [-0.2, -0.15) is 0 Å². The number of esters is 1. The number of methoxy groups -OCH3 is 1. The third-order valence-corrected chi connectivity index (χ3v) is 3.88. The number of benzene rings is 2. The summed E-state index contributed by atoms with van der Waals surface area (Å²) in [5.74, 6) is 0.357. The second-order valence-corrected chi connectivity index (χ2v) is 5.90. The summed E-state index contributed by atoms with van der Waals surface area (Å²) in [6, 6.07) is 13.8.